The Labute approximate surface area is 116 Å². The van der Waals surface area contributed by atoms with Crippen LogP contribution in [-0.2, 0) is 0 Å². The first-order valence-electron chi connectivity index (χ1n) is 6.10. The average Bonchev–Trinajstić information content (AvgIpc) is 2.23. The van der Waals surface area contributed by atoms with Gasteiger partial charge in [-0.25, -0.2) is 4.39 Å². The summed E-state index contributed by atoms with van der Waals surface area (Å²) in [6.07, 6.45) is 3.60. The Hall–Kier alpha value is -0.810. The van der Waals surface area contributed by atoms with Gasteiger partial charge in [-0.1, -0.05) is 0 Å². The summed E-state index contributed by atoms with van der Waals surface area (Å²) in [6, 6.07) is 3.04. The SMILES string of the molecule is CN(C)C1(CNc2cc(F)c(Br)cc2N)CCC1. The lowest BCUT2D eigenvalue weighted by Gasteiger charge is -2.47. The maximum absolute atomic E-state index is 13.5. The highest BCUT2D eigenvalue weighted by molar-refractivity contribution is 9.10. The van der Waals surface area contributed by atoms with Crippen LogP contribution in [0.3, 0.4) is 0 Å². The van der Waals surface area contributed by atoms with Gasteiger partial charge in [0, 0.05) is 18.2 Å². The van der Waals surface area contributed by atoms with Gasteiger partial charge in [0.05, 0.1) is 15.8 Å². The van der Waals surface area contributed by atoms with Gasteiger partial charge in [0.1, 0.15) is 5.82 Å². The van der Waals surface area contributed by atoms with Crippen molar-refractivity contribution in [2.24, 2.45) is 0 Å². The van der Waals surface area contributed by atoms with Gasteiger partial charge in [-0.15, -0.1) is 0 Å². The molecule has 0 aromatic heterocycles. The molecule has 2 rings (SSSR count). The summed E-state index contributed by atoms with van der Waals surface area (Å²) in [7, 11) is 4.18. The van der Waals surface area contributed by atoms with Crippen LogP contribution < -0.4 is 11.1 Å². The van der Waals surface area contributed by atoms with E-state index in [4.69, 9.17) is 5.73 Å². The summed E-state index contributed by atoms with van der Waals surface area (Å²) in [5, 5.41) is 3.28. The van der Waals surface area contributed by atoms with Crippen LogP contribution in [0.15, 0.2) is 16.6 Å². The summed E-state index contributed by atoms with van der Waals surface area (Å²) < 4.78 is 13.9. The zero-order chi connectivity index (χ0) is 13.3. The molecular formula is C13H19BrFN3. The number of likely N-dealkylation sites (N-methyl/N-ethyl adjacent to an activating group) is 1. The number of hydrogen-bond donors (Lipinski definition) is 2. The van der Waals surface area contributed by atoms with E-state index < -0.39 is 0 Å². The molecule has 1 aliphatic rings. The van der Waals surface area contributed by atoms with Gasteiger partial charge >= 0.3 is 0 Å². The van der Waals surface area contributed by atoms with Crippen molar-refractivity contribution < 1.29 is 4.39 Å². The second-order valence-corrected chi connectivity index (χ2v) is 6.03. The molecule has 1 saturated carbocycles. The third kappa shape index (κ3) is 2.47. The molecule has 5 heteroatoms. The minimum atomic E-state index is -0.292. The number of anilines is 2. The number of halogens is 2. The Balaban J connectivity index is 2.08. The smallest absolute Gasteiger partial charge is 0.139 e. The lowest BCUT2D eigenvalue weighted by molar-refractivity contribution is 0.0739. The molecule has 18 heavy (non-hydrogen) atoms. The highest BCUT2D eigenvalue weighted by Gasteiger charge is 2.38. The predicted octanol–water partition coefficient (Wildman–Crippen LogP) is 3.07. The molecule has 0 spiro atoms. The maximum atomic E-state index is 13.5. The van der Waals surface area contributed by atoms with Crippen molar-refractivity contribution in [1.82, 2.24) is 4.90 Å². The molecule has 0 aliphatic heterocycles. The number of hydrogen-bond acceptors (Lipinski definition) is 3. The Morgan fingerprint density at radius 1 is 1.44 bits per heavy atom. The van der Waals surface area contributed by atoms with Gasteiger partial charge in [0.15, 0.2) is 0 Å². The molecular weight excluding hydrogens is 297 g/mol. The molecule has 100 valence electrons. The Kier molecular flexibility index (Phi) is 3.82. The van der Waals surface area contributed by atoms with Crippen molar-refractivity contribution in [2.75, 3.05) is 31.7 Å². The van der Waals surface area contributed by atoms with Crippen LogP contribution in [0.4, 0.5) is 15.8 Å². The zero-order valence-electron chi connectivity index (χ0n) is 10.8. The molecule has 0 bridgehead atoms. The van der Waals surface area contributed by atoms with Crippen molar-refractivity contribution in [3.05, 3.63) is 22.4 Å². The van der Waals surface area contributed by atoms with Crippen LogP contribution in [0.5, 0.6) is 0 Å². The molecule has 0 saturated heterocycles. The van der Waals surface area contributed by atoms with Crippen molar-refractivity contribution in [3.8, 4) is 0 Å². The highest BCUT2D eigenvalue weighted by Crippen LogP contribution is 2.37. The molecule has 3 nitrogen and oxygen atoms in total. The van der Waals surface area contributed by atoms with Crippen LogP contribution in [0.1, 0.15) is 19.3 Å². The molecule has 0 radical (unpaired) electrons. The summed E-state index contributed by atoms with van der Waals surface area (Å²) in [5.74, 6) is -0.292. The third-order valence-electron chi connectivity index (χ3n) is 3.93. The molecule has 1 fully saturated rings. The molecule has 0 heterocycles. The lowest BCUT2D eigenvalue weighted by atomic mass is 9.75. The van der Waals surface area contributed by atoms with E-state index in [1.165, 1.54) is 25.3 Å². The van der Waals surface area contributed by atoms with Gasteiger partial charge in [0.2, 0.25) is 0 Å². The van der Waals surface area contributed by atoms with E-state index >= 15 is 0 Å². The summed E-state index contributed by atoms with van der Waals surface area (Å²) in [6.45, 7) is 0.797. The first kappa shape index (κ1) is 13.6. The monoisotopic (exact) mass is 315 g/mol. The van der Waals surface area contributed by atoms with Crippen LogP contribution in [-0.4, -0.2) is 31.1 Å². The van der Waals surface area contributed by atoms with Crippen molar-refractivity contribution in [1.29, 1.82) is 0 Å². The van der Waals surface area contributed by atoms with Gasteiger partial charge in [-0.3, -0.25) is 0 Å². The molecule has 3 N–H and O–H groups in total. The van der Waals surface area contributed by atoms with Gasteiger partial charge in [0.25, 0.3) is 0 Å². The van der Waals surface area contributed by atoms with Crippen molar-refractivity contribution in [2.45, 2.75) is 24.8 Å². The number of benzene rings is 1. The van der Waals surface area contributed by atoms with E-state index in [9.17, 15) is 4.39 Å². The quantitative estimate of drug-likeness (QED) is 0.839. The largest absolute Gasteiger partial charge is 0.397 e. The van der Waals surface area contributed by atoms with E-state index in [1.807, 2.05) is 0 Å². The van der Waals surface area contributed by atoms with E-state index in [2.05, 4.69) is 40.2 Å². The third-order valence-corrected chi connectivity index (χ3v) is 4.54. The molecule has 1 aromatic carbocycles. The molecule has 1 aromatic rings. The Morgan fingerprint density at radius 3 is 2.61 bits per heavy atom. The average molecular weight is 316 g/mol. The molecule has 0 amide bonds. The van der Waals surface area contributed by atoms with E-state index in [-0.39, 0.29) is 11.4 Å². The van der Waals surface area contributed by atoms with Crippen LogP contribution in [0, 0.1) is 5.82 Å². The van der Waals surface area contributed by atoms with Gasteiger partial charge in [-0.05, 0) is 55.4 Å². The van der Waals surface area contributed by atoms with Crippen LogP contribution in [0.2, 0.25) is 0 Å². The van der Waals surface area contributed by atoms with Gasteiger partial charge in [-0.2, -0.15) is 0 Å². The normalized spacial score (nSPS) is 17.6. The fourth-order valence-corrected chi connectivity index (χ4v) is 2.70. The number of nitrogens with zero attached hydrogens (tertiary/aromatic N) is 1. The Bertz CT molecular complexity index is 444. The fraction of sp³-hybridized carbons (Fsp3) is 0.538. The van der Waals surface area contributed by atoms with Crippen LogP contribution >= 0.6 is 15.9 Å². The van der Waals surface area contributed by atoms with Crippen molar-refractivity contribution >= 4 is 27.3 Å². The first-order chi connectivity index (χ1) is 8.44. The Morgan fingerprint density at radius 2 is 2.11 bits per heavy atom. The lowest BCUT2D eigenvalue weighted by Crippen LogP contribution is -2.54. The number of nitrogens with two attached hydrogens (primary N) is 1. The van der Waals surface area contributed by atoms with Crippen LogP contribution in [0.25, 0.3) is 0 Å². The minimum Gasteiger partial charge on any atom is -0.397 e. The summed E-state index contributed by atoms with van der Waals surface area (Å²) in [4.78, 5) is 2.24. The highest BCUT2D eigenvalue weighted by atomic mass is 79.9. The van der Waals surface area contributed by atoms with E-state index in [0.29, 0.717) is 15.8 Å². The molecule has 1 aliphatic carbocycles. The minimum absolute atomic E-state index is 0.190. The zero-order valence-corrected chi connectivity index (χ0v) is 12.3. The predicted molar refractivity (Wildman–Crippen MR) is 77.3 cm³/mol. The topological polar surface area (TPSA) is 41.3 Å². The van der Waals surface area contributed by atoms with E-state index in [0.717, 1.165) is 6.54 Å². The standard InChI is InChI=1S/C13H19BrFN3/c1-18(2)13(4-3-5-13)8-17-12-7-10(15)9(14)6-11(12)16/h6-7,17H,3-5,8,16H2,1-2H3. The van der Waals surface area contributed by atoms with Gasteiger partial charge < -0.3 is 16.0 Å². The second-order valence-electron chi connectivity index (χ2n) is 5.18. The first-order valence-corrected chi connectivity index (χ1v) is 6.90. The molecule has 0 unspecified atom stereocenters. The number of nitrogen functional groups attached to an aromatic ring is 1. The summed E-state index contributed by atoms with van der Waals surface area (Å²) in [5.41, 5.74) is 7.31. The van der Waals surface area contributed by atoms with E-state index in [1.54, 1.807) is 6.07 Å². The maximum Gasteiger partial charge on any atom is 0.139 e. The second kappa shape index (κ2) is 5.05. The number of rotatable bonds is 4. The fourth-order valence-electron chi connectivity index (χ4n) is 2.34. The molecule has 0 atom stereocenters. The summed E-state index contributed by atoms with van der Waals surface area (Å²) >= 11 is 3.13. The van der Waals surface area contributed by atoms with Crippen molar-refractivity contribution in [3.63, 3.8) is 0 Å². The number of nitrogens with one attached hydrogen (secondary N) is 1.